The molecule has 0 radical (unpaired) electrons. The standard InChI is InChI=1S/C22H16ClF7N2O2S/c23-17-6-7-19(31-12-17)20(11-14-4-2-1-3-5-14,32-35(33,34)13-21(25,26)27)15-8-16(22(28,29)30)10-18(24)9-15/h1-10,12,32H,11,13H2/t20-/m0/s1. The molecule has 13 heteroatoms. The summed E-state index contributed by atoms with van der Waals surface area (Å²) in [5.41, 5.74) is -4.41. The van der Waals surface area contributed by atoms with Crippen molar-refractivity contribution in [1.82, 2.24) is 9.71 Å². The number of sulfonamides is 1. The van der Waals surface area contributed by atoms with Gasteiger partial charge < -0.3 is 0 Å². The maximum atomic E-state index is 14.4. The van der Waals surface area contributed by atoms with E-state index in [9.17, 15) is 39.2 Å². The van der Waals surface area contributed by atoms with Crippen LogP contribution in [0.2, 0.25) is 5.02 Å². The fourth-order valence-electron chi connectivity index (χ4n) is 3.53. The minimum Gasteiger partial charge on any atom is -0.257 e. The number of aromatic nitrogens is 1. The molecule has 0 bridgehead atoms. The van der Waals surface area contributed by atoms with Gasteiger partial charge in [0.1, 0.15) is 11.4 Å². The van der Waals surface area contributed by atoms with Crippen LogP contribution in [0.25, 0.3) is 0 Å². The molecule has 0 amide bonds. The molecule has 0 aliphatic rings. The molecule has 0 saturated heterocycles. The third-order valence-electron chi connectivity index (χ3n) is 4.88. The summed E-state index contributed by atoms with van der Waals surface area (Å²) in [7, 11) is -5.24. The molecular weight excluding hydrogens is 525 g/mol. The third kappa shape index (κ3) is 6.92. The van der Waals surface area contributed by atoms with Crippen LogP contribution in [0.4, 0.5) is 30.7 Å². The Kier molecular flexibility index (Phi) is 7.49. The number of alkyl halides is 6. The van der Waals surface area contributed by atoms with E-state index in [4.69, 9.17) is 11.6 Å². The number of rotatable bonds is 7. The largest absolute Gasteiger partial charge is 0.416 e. The first kappa shape index (κ1) is 26.9. The predicted octanol–water partition coefficient (Wildman–Crippen LogP) is 5.86. The van der Waals surface area contributed by atoms with E-state index in [1.807, 2.05) is 4.72 Å². The van der Waals surface area contributed by atoms with E-state index in [0.29, 0.717) is 17.7 Å². The van der Waals surface area contributed by atoms with E-state index in [1.54, 1.807) is 6.07 Å². The highest BCUT2D eigenvalue weighted by molar-refractivity contribution is 7.89. The van der Waals surface area contributed by atoms with Gasteiger partial charge in [0.15, 0.2) is 5.75 Å². The second-order valence-electron chi connectivity index (χ2n) is 7.63. The molecule has 35 heavy (non-hydrogen) atoms. The van der Waals surface area contributed by atoms with Crippen LogP contribution in [0.5, 0.6) is 0 Å². The Morgan fingerprint density at radius 2 is 1.51 bits per heavy atom. The van der Waals surface area contributed by atoms with Gasteiger partial charge in [-0.1, -0.05) is 41.9 Å². The van der Waals surface area contributed by atoms with E-state index < -0.39 is 57.0 Å². The Morgan fingerprint density at radius 1 is 0.886 bits per heavy atom. The maximum absolute atomic E-state index is 14.4. The van der Waals surface area contributed by atoms with Crippen LogP contribution in [-0.2, 0) is 28.2 Å². The van der Waals surface area contributed by atoms with Gasteiger partial charge >= 0.3 is 12.4 Å². The number of benzene rings is 2. The molecule has 4 nitrogen and oxygen atoms in total. The monoisotopic (exact) mass is 540 g/mol. The zero-order valence-electron chi connectivity index (χ0n) is 17.5. The summed E-state index contributed by atoms with van der Waals surface area (Å²) >= 11 is 5.84. The lowest BCUT2D eigenvalue weighted by atomic mass is 9.81. The Labute approximate surface area is 200 Å². The summed E-state index contributed by atoms with van der Waals surface area (Å²) in [4.78, 5) is 3.98. The molecule has 0 spiro atoms. The van der Waals surface area contributed by atoms with E-state index in [1.165, 1.54) is 30.3 Å². The molecular formula is C22H16ClF7N2O2S. The predicted molar refractivity (Wildman–Crippen MR) is 115 cm³/mol. The van der Waals surface area contributed by atoms with Crippen LogP contribution < -0.4 is 4.72 Å². The van der Waals surface area contributed by atoms with Gasteiger partial charge in [-0.25, -0.2) is 12.8 Å². The molecule has 2 aromatic carbocycles. The number of hydrogen-bond acceptors (Lipinski definition) is 3. The molecule has 0 aliphatic carbocycles. The highest BCUT2D eigenvalue weighted by Gasteiger charge is 2.45. The Balaban J connectivity index is 2.36. The van der Waals surface area contributed by atoms with Crippen LogP contribution in [0, 0.1) is 5.82 Å². The summed E-state index contributed by atoms with van der Waals surface area (Å²) in [6.07, 6.45) is -9.66. The Bertz CT molecular complexity index is 1280. The molecule has 3 aromatic rings. The van der Waals surface area contributed by atoms with E-state index in [0.717, 1.165) is 12.3 Å². The lowest BCUT2D eigenvalue weighted by molar-refractivity contribution is -0.137. The second kappa shape index (κ2) is 9.75. The van der Waals surface area contributed by atoms with Gasteiger partial charge in [0, 0.05) is 12.6 Å². The summed E-state index contributed by atoms with van der Waals surface area (Å²) in [5.74, 6) is -3.71. The van der Waals surface area contributed by atoms with Crippen molar-refractivity contribution < 1.29 is 39.2 Å². The van der Waals surface area contributed by atoms with Crippen LogP contribution in [0.1, 0.15) is 22.4 Å². The lowest BCUT2D eigenvalue weighted by Crippen LogP contribution is -2.51. The highest BCUT2D eigenvalue weighted by atomic mass is 35.5. The molecule has 0 unspecified atom stereocenters. The van der Waals surface area contributed by atoms with Gasteiger partial charge in [-0.15, -0.1) is 0 Å². The smallest absolute Gasteiger partial charge is 0.257 e. The van der Waals surface area contributed by atoms with Crippen molar-refractivity contribution in [3.8, 4) is 0 Å². The first-order chi connectivity index (χ1) is 16.1. The number of nitrogens with one attached hydrogen (secondary N) is 1. The topological polar surface area (TPSA) is 59.1 Å². The normalized spacial score (nSPS) is 14.5. The van der Waals surface area contributed by atoms with Crippen LogP contribution in [-0.4, -0.2) is 25.3 Å². The van der Waals surface area contributed by atoms with Gasteiger partial charge in [-0.3, -0.25) is 4.98 Å². The van der Waals surface area contributed by atoms with Gasteiger partial charge in [-0.05, 0) is 41.5 Å². The van der Waals surface area contributed by atoms with Gasteiger partial charge in [0.25, 0.3) is 0 Å². The van der Waals surface area contributed by atoms with E-state index in [2.05, 4.69) is 4.98 Å². The summed E-state index contributed by atoms with van der Waals surface area (Å²) < 4.78 is 121. The summed E-state index contributed by atoms with van der Waals surface area (Å²) in [6.45, 7) is 0. The van der Waals surface area contributed by atoms with E-state index >= 15 is 0 Å². The second-order valence-corrected chi connectivity index (χ2v) is 9.79. The lowest BCUT2D eigenvalue weighted by Gasteiger charge is -2.35. The fraction of sp³-hybridized carbons (Fsp3) is 0.227. The Hall–Kier alpha value is -2.70. The maximum Gasteiger partial charge on any atom is 0.416 e. The van der Waals surface area contributed by atoms with Crippen molar-refractivity contribution >= 4 is 21.6 Å². The minimum atomic E-state index is -5.24. The zero-order chi connectivity index (χ0) is 26.1. The van der Waals surface area contributed by atoms with Crippen molar-refractivity contribution in [2.24, 2.45) is 0 Å². The number of hydrogen-bond donors (Lipinski definition) is 1. The summed E-state index contributed by atoms with van der Waals surface area (Å²) in [5, 5.41) is 0.0655. The van der Waals surface area contributed by atoms with Gasteiger partial charge in [0.05, 0.1) is 16.3 Å². The van der Waals surface area contributed by atoms with Crippen molar-refractivity contribution in [2.45, 2.75) is 24.3 Å². The minimum absolute atomic E-state index is 0.0655. The molecule has 0 saturated carbocycles. The number of halogens is 8. The molecule has 1 N–H and O–H groups in total. The third-order valence-corrected chi connectivity index (χ3v) is 6.47. The molecule has 0 aliphatic heterocycles. The van der Waals surface area contributed by atoms with Gasteiger partial charge in [0.2, 0.25) is 10.0 Å². The first-order valence-electron chi connectivity index (χ1n) is 9.72. The molecule has 1 atom stereocenters. The average molecular weight is 541 g/mol. The SMILES string of the molecule is O=S(=O)(CC(F)(F)F)N[C@@](Cc1ccccc1)(c1cc(F)cc(C(F)(F)F)c1)c1ccc(Cl)cn1. The summed E-state index contributed by atoms with van der Waals surface area (Å²) in [6, 6.07) is 11.3. The molecule has 3 rings (SSSR count). The fourth-order valence-corrected chi connectivity index (χ4v) is 4.98. The molecule has 188 valence electrons. The Morgan fingerprint density at radius 3 is 2.06 bits per heavy atom. The first-order valence-corrected chi connectivity index (χ1v) is 11.8. The van der Waals surface area contributed by atoms with Crippen LogP contribution >= 0.6 is 11.6 Å². The number of pyridine rings is 1. The van der Waals surface area contributed by atoms with Crippen molar-refractivity contribution in [3.05, 3.63) is 100 Å². The van der Waals surface area contributed by atoms with Crippen molar-refractivity contribution in [1.29, 1.82) is 0 Å². The zero-order valence-corrected chi connectivity index (χ0v) is 19.0. The van der Waals surface area contributed by atoms with Crippen molar-refractivity contribution in [3.63, 3.8) is 0 Å². The quantitative estimate of drug-likeness (QED) is 0.382. The highest BCUT2D eigenvalue weighted by Crippen LogP contribution is 2.38. The van der Waals surface area contributed by atoms with Crippen LogP contribution in [0.15, 0.2) is 66.9 Å². The molecule has 1 heterocycles. The number of nitrogens with zero attached hydrogens (tertiary/aromatic N) is 1. The van der Waals surface area contributed by atoms with Crippen molar-refractivity contribution in [2.75, 3.05) is 5.75 Å². The molecule has 0 fully saturated rings. The van der Waals surface area contributed by atoms with Gasteiger partial charge in [-0.2, -0.15) is 31.1 Å². The van der Waals surface area contributed by atoms with E-state index in [-0.39, 0.29) is 16.8 Å². The van der Waals surface area contributed by atoms with Crippen LogP contribution in [0.3, 0.4) is 0 Å². The molecule has 1 aromatic heterocycles. The average Bonchev–Trinajstić information content (AvgIpc) is 2.71.